The quantitative estimate of drug-likeness (QED) is 0.843. The lowest BCUT2D eigenvalue weighted by Crippen LogP contribution is -2.44. The average molecular weight is 327 g/mol. The molecule has 0 bridgehead atoms. The molecule has 2 aromatic rings. The first-order valence-corrected chi connectivity index (χ1v) is 7.89. The molecule has 0 amide bonds. The fraction of sp³-hybridized carbons (Fsp3) is 0.222. The highest BCUT2D eigenvalue weighted by Crippen LogP contribution is 2.44. The zero-order valence-corrected chi connectivity index (χ0v) is 13.3. The number of carbonyl (C=O) groups is 1. The minimum atomic E-state index is -0.685. The van der Waals surface area contributed by atoms with Crippen LogP contribution in [0.4, 0.5) is 0 Å². The molecule has 0 aliphatic carbocycles. The number of benzene rings is 2. The van der Waals surface area contributed by atoms with Crippen molar-refractivity contribution >= 4 is 23.1 Å². The lowest BCUT2D eigenvalue weighted by atomic mass is 9.96. The Bertz CT molecular complexity index is 804. The Balaban J connectivity index is 1.78. The number of hydrogen-bond donors (Lipinski definition) is 0. The van der Waals surface area contributed by atoms with Crippen LogP contribution in [0.1, 0.15) is 30.5 Å². The van der Waals surface area contributed by atoms with Crippen molar-refractivity contribution in [2.75, 3.05) is 0 Å². The van der Waals surface area contributed by atoms with Gasteiger partial charge in [0, 0.05) is 23.9 Å². The van der Waals surface area contributed by atoms with E-state index in [1.54, 1.807) is 11.1 Å². The molecule has 4 rings (SSSR count). The van der Waals surface area contributed by atoms with Crippen molar-refractivity contribution in [3.63, 3.8) is 0 Å². The molecule has 2 aliphatic heterocycles. The highest BCUT2D eigenvalue weighted by Gasteiger charge is 2.42. The van der Waals surface area contributed by atoms with Crippen molar-refractivity contribution in [3.05, 3.63) is 64.7 Å². The predicted molar refractivity (Wildman–Crippen MR) is 88.7 cm³/mol. The zero-order chi connectivity index (χ0) is 16.0. The number of fused-ring (bicyclic) bond motifs is 3. The molecule has 0 N–H and O–H groups in total. The lowest BCUT2D eigenvalue weighted by molar-refractivity contribution is -0.135. The Morgan fingerprint density at radius 3 is 2.78 bits per heavy atom. The third kappa shape index (κ3) is 2.39. The van der Waals surface area contributed by atoms with Crippen LogP contribution in [-0.4, -0.2) is 22.7 Å². The Hall–Kier alpha value is -2.33. The van der Waals surface area contributed by atoms with Gasteiger partial charge >= 0.3 is 0 Å². The average Bonchev–Trinajstić information content (AvgIpc) is 3.00. The maximum atomic E-state index is 12.0. The minimum absolute atomic E-state index is 0.0263. The van der Waals surface area contributed by atoms with Gasteiger partial charge in [-0.2, -0.15) is 5.10 Å². The number of nitrogens with zero attached hydrogens (tertiary/aromatic N) is 2. The van der Waals surface area contributed by atoms with Crippen molar-refractivity contribution in [3.8, 4) is 5.75 Å². The third-order valence-electron chi connectivity index (χ3n) is 4.21. The van der Waals surface area contributed by atoms with Gasteiger partial charge in [-0.15, -0.1) is 0 Å². The van der Waals surface area contributed by atoms with Crippen LogP contribution in [0.5, 0.6) is 5.75 Å². The second kappa shape index (κ2) is 5.39. The van der Waals surface area contributed by atoms with E-state index in [4.69, 9.17) is 16.3 Å². The summed E-state index contributed by atoms with van der Waals surface area (Å²) in [6.07, 6.45) is 0.0414. The van der Waals surface area contributed by atoms with E-state index in [9.17, 15) is 4.79 Å². The number of hydrogen-bond acceptors (Lipinski definition) is 4. The highest BCUT2D eigenvalue weighted by atomic mass is 35.5. The van der Waals surface area contributed by atoms with Gasteiger partial charge in [0.25, 0.3) is 0 Å². The molecule has 0 saturated heterocycles. The number of ketones is 1. The summed E-state index contributed by atoms with van der Waals surface area (Å²) >= 11 is 6.14. The SMILES string of the molecule is CC(=O)C1Oc2ccc(Cl)cc2C2CC(c3ccccc3)=NN12. The summed E-state index contributed by atoms with van der Waals surface area (Å²) in [6, 6.07) is 15.5. The summed E-state index contributed by atoms with van der Waals surface area (Å²) in [5.74, 6) is 0.647. The van der Waals surface area contributed by atoms with Crippen molar-refractivity contribution in [1.29, 1.82) is 0 Å². The number of rotatable bonds is 2. The smallest absolute Gasteiger partial charge is 0.246 e. The van der Waals surface area contributed by atoms with E-state index in [-0.39, 0.29) is 11.8 Å². The van der Waals surface area contributed by atoms with Gasteiger partial charge in [-0.05, 0) is 23.8 Å². The summed E-state index contributed by atoms with van der Waals surface area (Å²) < 4.78 is 5.86. The Morgan fingerprint density at radius 1 is 1.26 bits per heavy atom. The topological polar surface area (TPSA) is 41.9 Å². The molecule has 0 spiro atoms. The first-order chi connectivity index (χ1) is 11.1. The minimum Gasteiger partial charge on any atom is -0.461 e. The second-order valence-electron chi connectivity index (χ2n) is 5.78. The van der Waals surface area contributed by atoms with E-state index in [0.717, 1.165) is 23.3 Å². The van der Waals surface area contributed by atoms with Crippen LogP contribution < -0.4 is 4.74 Å². The molecule has 23 heavy (non-hydrogen) atoms. The maximum absolute atomic E-state index is 12.0. The summed E-state index contributed by atoms with van der Waals surface area (Å²) in [7, 11) is 0. The molecule has 4 nitrogen and oxygen atoms in total. The van der Waals surface area contributed by atoms with Gasteiger partial charge in [-0.25, -0.2) is 5.01 Å². The Labute approximate surface area is 139 Å². The molecular formula is C18H15ClN2O2. The van der Waals surface area contributed by atoms with Gasteiger partial charge in [0.2, 0.25) is 6.23 Å². The first kappa shape index (κ1) is 14.3. The van der Waals surface area contributed by atoms with Crippen LogP contribution >= 0.6 is 11.6 Å². The predicted octanol–water partition coefficient (Wildman–Crippen LogP) is 3.80. The molecule has 116 valence electrons. The van der Waals surface area contributed by atoms with Gasteiger partial charge in [-0.1, -0.05) is 41.9 Å². The standard InChI is InChI=1S/C18H15ClN2O2/c1-11(22)18-21-16(14-9-13(19)7-8-17(14)23-18)10-15(20-21)12-5-3-2-4-6-12/h2-9,16,18H,10H2,1H3. The largest absolute Gasteiger partial charge is 0.461 e. The summed E-state index contributed by atoms with van der Waals surface area (Å²) in [5.41, 5.74) is 3.00. The number of carbonyl (C=O) groups excluding carboxylic acids is 1. The van der Waals surface area contributed by atoms with E-state index >= 15 is 0 Å². The van der Waals surface area contributed by atoms with Gasteiger partial charge in [-0.3, -0.25) is 4.79 Å². The third-order valence-corrected chi connectivity index (χ3v) is 4.44. The number of ether oxygens (including phenoxy) is 1. The molecule has 0 saturated carbocycles. The van der Waals surface area contributed by atoms with Crippen LogP contribution in [-0.2, 0) is 4.79 Å². The summed E-state index contributed by atoms with van der Waals surface area (Å²) in [5, 5.41) is 7.09. The Morgan fingerprint density at radius 2 is 2.04 bits per heavy atom. The number of Topliss-reactive ketones (excluding diaryl/α,β-unsaturated/α-hetero) is 1. The molecule has 2 atom stereocenters. The number of hydrazone groups is 1. The molecule has 2 aliphatic rings. The van der Waals surface area contributed by atoms with Crippen LogP contribution in [0.2, 0.25) is 5.02 Å². The number of halogens is 1. The lowest BCUT2D eigenvalue weighted by Gasteiger charge is -2.36. The summed E-state index contributed by atoms with van der Waals surface area (Å²) in [6.45, 7) is 1.53. The first-order valence-electron chi connectivity index (χ1n) is 7.51. The van der Waals surface area contributed by atoms with E-state index in [2.05, 4.69) is 5.10 Å². The molecule has 2 unspecified atom stereocenters. The van der Waals surface area contributed by atoms with Crippen molar-refractivity contribution in [2.45, 2.75) is 25.6 Å². The maximum Gasteiger partial charge on any atom is 0.246 e. The van der Waals surface area contributed by atoms with E-state index < -0.39 is 6.23 Å². The van der Waals surface area contributed by atoms with Gasteiger partial charge in [0.1, 0.15) is 5.75 Å². The van der Waals surface area contributed by atoms with Crippen molar-refractivity contribution in [2.24, 2.45) is 5.10 Å². The summed E-state index contributed by atoms with van der Waals surface area (Å²) in [4.78, 5) is 12.0. The molecule has 5 heteroatoms. The molecular weight excluding hydrogens is 312 g/mol. The van der Waals surface area contributed by atoms with Crippen molar-refractivity contribution in [1.82, 2.24) is 5.01 Å². The molecule has 0 fully saturated rings. The van der Waals surface area contributed by atoms with E-state index in [1.165, 1.54) is 6.92 Å². The van der Waals surface area contributed by atoms with Crippen LogP contribution in [0.3, 0.4) is 0 Å². The monoisotopic (exact) mass is 326 g/mol. The zero-order valence-electron chi connectivity index (χ0n) is 12.6. The molecule has 2 heterocycles. The second-order valence-corrected chi connectivity index (χ2v) is 6.21. The van der Waals surface area contributed by atoms with Gasteiger partial charge in [0.05, 0.1) is 11.8 Å². The normalized spacial score (nSPS) is 22.0. The molecule has 0 aromatic heterocycles. The van der Waals surface area contributed by atoms with E-state index in [0.29, 0.717) is 10.8 Å². The van der Waals surface area contributed by atoms with E-state index in [1.807, 2.05) is 42.5 Å². The highest BCUT2D eigenvalue weighted by molar-refractivity contribution is 6.30. The van der Waals surface area contributed by atoms with Crippen LogP contribution in [0.25, 0.3) is 0 Å². The fourth-order valence-corrected chi connectivity index (χ4v) is 3.31. The van der Waals surface area contributed by atoms with Crippen LogP contribution in [0.15, 0.2) is 53.6 Å². The molecule has 2 aromatic carbocycles. The Kier molecular flexibility index (Phi) is 3.34. The van der Waals surface area contributed by atoms with Gasteiger partial charge < -0.3 is 4.74 Å². The fourth-order valence-electron chi connectivity index (χ4n) is 3.13. The van der Waals surface area contributed by atoms with Crippen LogP contribution in [0, 0.1) is 0 Å². The van der Waals surface area contributed by atoms with Crippen molar-refractivity contribution < 1.29 is 9.53 Å². The molecule has 0 radical (unpaired) electrons. The van der Waals surface area contributed by atoms with Gasteiger partial charge in [0.15, 0.2) is 5.78 Å².